The Kier molecular flexibility index (Phi) is 4.74. The summed E-state index contributed by atoms with van der Waals surface area (Å²) in [5.74, 6) is -0.955. The van der Waals surface area contributed by atoms with Gasteiger partial charge in [-0.15, -0.1) is 0 Å². The summed E-state index contributed by atoms with van der Waals surface area (Å²) >= 11 is 0. The minimum Gasteiger partial charge on any atom is -0.480 e. The van der Waals surface area contributed by atoms with Gasteiger partial charge in [-0.1, -0.05) is 0 Å². The second kappa shape index (κ2) is 5.86. The highest BCUT2D eigenvalue weighted by Gasteiger charge is 2.36. The summed E-state index contributed by atoms with van der Waals surface area (Å²) < 4.78 is 0. The van der Waals surface area contributed by atoms with E-state index in [0.717, 1.165) is 0 Å². The van der Waals surface area contributed by atoms with Crippen LogP contribution in [0.4, 0.5) is 4.79 Å². The molecule has 0 aromatic heterocycles. The predicted octanol–water partition coefficient (Wildman–Crippen LogP) is 0.358. The van der Waals surface area contributed by atoms with E-state index in [1.165, 1.54) is 9.80 Å². The Morgan fingerprint density at radius 1 is 1.47 bits per heavy atom. The molecule has 1 heterocycles. The zero-order valence-electron chi connectivity index (χ0n) is 10.3. The Labute approximate surface area is 101 Å². The number of rotatable bonds is 4. The monoisotopic (exact) mass is 244 g/mol. The van der Waals surface area contributed by atoms with Crippen LogP contribution in [-0.4, -0.2) is 63.8 Å². The van der Waals surface area contributed by atoms with Crippen molar-refractivity contribution in [2.75, 3.05) is 19.7 Å². The number of hydrogen-bond donors (Lipinski definition) is 2. The molecule has 6 heteroatoms. The van der Waals surface area contributed by atoms with E-state index >= 15 is 0 Å². The summed E-state index contributed by atoms with van der Waals surface area (Å²) in [7, 11) is 0. The highest BCUT2D eigenvalue weighted by atomic mass is 16.4. The molecule has 1 unspecified atom stereocenters. The molecule has 1 atom stereocenters. The van der Waals surface area contributed by atoms with Crippen LogP contribution in [0.15, 0.2) is 0 Å². The molecule has 2 amide bonds. The number of carbonyl (C=O) groups is 2. The van der Waals surface area contributed by atoms with Gasteiger partial charge < -0.3 is 20.0 Å². The number of aliphatic hydroxyl groups excluding tert-OH is 1. The molecular formula is C11H20N2O4. The van der Waals surface area contributed by atoms with Crippen LogP contribution in [0.5, 0.6) is 0 Å². The number of carboxylic acid groups (broad SMARTS) is 1. The van der Waals surface area contributed by atoms with E-state index in [0.29, 0.717) is 19.4 Å². The lowest BCUT2D eigenvalue weighted by Gasteiger charge is -2.32. The van der Waals surface area contributed by atoms with Crippen LogP contribution in [0.25, 0.3) is 0 Å². The van der Waals surface area contributed by atoms with Crippen molar-refractivity contribution >= 4 is 12.0 Å². The molecule has 0 spiro atoms. The molecule has 1 aliphatic rings. The molecule has 0 radical (unpaired) electrons. The Hall–Kier alpha value is -1.30. The summed E-state index contributed by atoms with van der Waals surface area (Å²) in [6, 6.07) is -1.06. The van der Waals surface area contributed by atoms with E-state index in [-0.39, 0.29) is 25.2 Å². The average Bonchev–Trinajstić information content (AvgIpc) is 2.73. The molecule has 0 aromatic rings. The molecule has 1 saturated heterocycles. The molecule has 0 aliphatic carbocycles. The highest BCUT2D eigenvalue weighted by molar-refractivity contribution is 5.83. The average molecular weight is 244 g/mol. The van der Waals surface area contributed by atoms with Crippen molar-refractivity contribution in [3.63, 3.8) is 0 Å². The van der Waals surface area contributed by atoms with Gasteiger partial charge in [0.2, 0.25) is 0 Å². The number of carbonyl (C=O) groups excluding carboxylic acids is 1. The quantitative estimate of drug-likeness (QED) is 0.748. The number of hydrogen-bond acceptors (Lipinski definition) is 3. The van der Waals surface area contributed by atoms with Crippen LogP contribution in [0.1, 0.15) is 26.7 Å². The third-order valence-electron chi connectivity index (χ3n) is 2.99. The van der Waals surface area contributed by atoms with Crippen LogP contribution in [0.2, 0.25) is 0 Å². The van der Waals surface area contributed by atoms with Gasteiger partial charge in [-0.3, -0.25) is 0 Å². The van der Waals surface area contributed by atoms with Gasteiger partial charge in [0, 0.05) is 19.1 Å². The molecule has 0 bridgehead atoms. The van der Waals surface area contributed by atoms with Crippen molar-refractivity contribution < 1.29 is 19.8 Å². The van der Waals surface area contributed by atoms with Crippen LogP contribution in [-0.2, 0) is 4.79 Å². The first-order valence-corrected chi connectivity index (χ1v) is 5.90. The Morgan fingerprint density at radius 3 is 2.59 bits per heavy atom. The Morgan fingerprint density at radius 2 is 2.12 bits per heavy atom. The normalized spacial score (nSPS) is 19.8. The topological polar surface area (TPSA) is 81.1 Å². The van der Waals surface area contributed by atoms with Crippen molar-refractivity contribution in [3.8, 4) is 0 Å². The van der Waals surface area contributed by atoms with Crippen molar-refractivity contribution in [2.24, 2.45) is 0 Å². The first kappa shape index (κ1) is 13.8. The first-order chi connectivity index (χ1) is 7.99. The lowest BCUT2D eigenvalue weighted by atomic mass is 10.2. The van der Waals surface area contributed by atoms with Gasteiger partial charge in [-0.2, -0.15) is 0 Å². The summed E-state index contributed by atoms with van der Waals surface area (Å²) in [4.78, 5) is 26.1. The molecule has 0 aromatic carbocycles. The molecule has 2 N–H and O–H groups in total. The summed E-state index contributed by atoms with van der Waals surface area (Å²) in [6.45, 7) is 4.29. The molecule has 0 saturated carbocycles. The Bertz CT molecular complexity index is 293. The number of aliphatic hydroxyl groups is 1. The maximum absolute atomic E-state index is 12.2. The summed E-state index contributed by atoms with van der Waals surface area (Å²) in [6.07, 6.45) is 1.22. The first-order valence-electron chi connectivity index (χ1n) is 5.90. The number of nitrogens with zero attached hydrogens (tertiary/aromatic N) is 2. The third kappa shape index (κ3) is 3.09. The minimum atomic E-state index is -0.955. The van der Waals surface area contributed by atoms with E-state index in [9.17, 15) is 9.59 Å². The number of aliphatic carboxylic acids is 1. The van der Waals surface area contributed by atoms with E-state index in [1.54, 1.807) is 0 Å². The van der Waals surface area contributed by atoms with Crippen molar-refractivity contribution in [3.05, 3.63) is 0 Å². The number of amides is 2. The van der Waals surface area contributed by atoms with Crippen LogP contribution < -0.4 is 0 Å². The number of likely N-dealkylation sites (tertiary alicyclic amines) is 1. The fraction of sp³-hybridized carbons (Fsp3) is 0.818. The van der Waals surface area contributed by atoms with Gasteiger partial charge in [0.05, 0.1) is 6.61 Å². The molecule has 6 nitrogen and oxygen atoms in total. The molecular weight excluding hydrogens is 224 g/mol. The van der Waals surface area contributed by atoms with Gasteiger partial charge in [-0.05, 0) is 26.7 Å². The fourth-order valence-electron chi connectivity index (χ4n) is 2.10. The molecule has 1 rings (SSSR count). The van der Waals surface area contributed by atoms with Gasteiger partial charge in [0.15, 0.2) is 0 Å². The van der Waals surface area contributed by atoms with Gasteiger partial charge in [0.25, 0.3) is 0 Å². The minimum absolute atomic E-state index is 0.0512. The second-order valence-corrected chi connectivity index (χ2v) is 4.48. The predicted molar refractivity (Wildman–Crippen MR) is 61.7 cm³/mol. The number of carboxylic acids is 1. The lowest BCUT2D eigenvalue weighted by Crippen LogP contribution is -2.51. The van der Waals surface area contributed by atoms with Gasteiger partial charge in [0.1, 0.15) is 6.04 Å². The standard InChI is InChI=1S/C11H20N2O4/c1-8(2)12(6-7-14)11(17)13-5-3-4-9(13)10(15)16/h8-9,14H,3-7H2,1-2H3,(H,15,16). The van der Waals surface area contributed by atoms with E-state index in [2.05, 4.69) is 0 Å². The molecule has 17 heavy (non-hydrogen) atoms. The van der Waals surface area contributed by atoms with Crippen LogP contribution in [0, 0.1) is 0 Å². The molecule has 98 valence electrons. The zero-order valence-corrected chi connectivity index (χ0v) is 10.3. The van der Waals surface area contributed by atoms with E-state index < -0.39 is 12.0 Å². The lowest BCUT2D eigenvalue weighted by molar-refractivity contribution is -0.141. The van der Waals surface area contributed by atoms with Crippen molar-refractivity contribution in [2.45, 2.75) is 38.8 Å². The maximum atomic E-state index is 12.2. The highest BCUT2D eigenvalue weighted by Crippen LogP contribution is 2.20. The molecule has 1 fully saturated rings. The summed E-state index contributed by atoms with van der Waals surface area (Å²) in [5.41, 5.74) is 0. The maximum Gasteiger partial charge on any atom is 0.326 e. The fourth-order valence-corrected chi connectivity index (χ4v) is 2.10. The van der Waals surface area contributed by atoms with E-state index in [4.69, 9.17) is 10.2 Å². The second-order valence-electron chi connectivity index (χ2n) is 4.48. The van der Waals surface area contributed by atoms with Gasteiger partial charge in [-0.25, -0.2) is 9.59 Å². The smallest absolute Gasteiger partial charge is 0.326 e. The van der Waals surface area contributed by atoms with Crippen molar-refractivity contribution in [1.29, 1.82) is 0 Å². The summed E-state index contributed by atoms with van der Waals surface area (Å²) in [5, 5.41) is 17.9. The number of urea groups is 1. The largest absolute Gasteiger partial charge is 0.480 e. The van der Waals surface area contributed by atoms with Crippen molar-refractivity contribution in [1.82, 2.24) is 9.80 Å². The van der Waals surface area contributed by atoms with Gasteiger partial charge >= 0.3 is 12.0 Å². The third-order valence-corrected chi connectivity index (χ3v) is 2.99. The SMILES string of the molecule is CC(C)N(CCO)C(=O)N1CCCC1C(=O)O. The van der Waals surface area contributed by atoms with E-state index in [1.807, 2.05) is 13.8 Å². The Balaban J connectivity index is 2.75. The van der Waals surface area contributed by atoms with Crippen LogP contribution >= 0.6 is 0 Å². The van der Waals surface area contributed by atoms with Crippen LogP contribution in [0.3, 0.4) is 0 Å². The molecule has 1 aliphatic heterocycles. The zero-order chi connectivity index (χ0) is 13.0.